The average Bonchev–Trinajstić information content (AvgIpc) is 2.42. The zero-order valence-electron chi connectivity index (χ0n) is 11.8. The molecule has 0 aromatic heterocycles. The largest absolute Gasteiger partial charge is 0.493 e. The van der Waals surface area contributed by atoms with Crippen LogP contribution in [-0.4, -0.2) is 18.6 Å². The lowest BCUT2D eigenvalue weighted by Gasteiger charge is -2.09. The molecule has 1 unspecified atom stereocenters. The van der Waals surface area contributed by atoms with Crippen molar-refractivity contribution in [1.29, 1.82) is 5.26 Å². The molecule has 0 saturated heterocycles. The van der Waals surface area contributed by atoms with E-state index < -0.39 is 0 Å². The first-order valence-electron chi connectivity index (χ1n) is 6.77. The highest BCUT2D eigenvalue weighted by atomic mass is 16.5. The van der Waals surface area contributed by atoms with Crippen LogP contribution in [0, 0.1) is 11.3 Å². The molecule has 1 aromatic rings. The molecule has 3 N–H and O–H groups in total. The van der Waals surface area contributed by atoms with Crippen molar-refractivity contribution in [3.63, 3.8) is 0 Å². The van der Waals surface area contributed by atoms with E-state index in [1.165, 1.54) is 0 Å². The van der Waals surface area contributed by atoms with Crippen LogP contribution in [0.1, 0.15) is 32.6 Å². The Balaban J connectivity index is 2.43. The summed E-state index contributed by atoms with van der Waals surface area (Å²) in [6.07, 6.45) is 2.25. The van der Waals surface area contributed by atoms with Crippen molar-refractivity contribution in [3.8, 4) is 11.8 Å². The van der Waals surface area contributed by atoms with E-state index in [0.717, 1.165) is 0 Å². The van der Waals surface area contributed by atoms with Crippen molar-refractivity contribution in [2.24, 2.45) is 5.73 Å². The first kappa shape index (κ1) is 16.0. The van der Waals surface area contributed by atoms with Gasteiger partial charge in [-0.25, -0.2) is 0 Å². The third-order valence-corrected chi connectivity index (χ3v) is 2.65. The topological polar surface area (TPSA) is 88.1 Å². The number of anilines is 1. The van der Waals surface area contributed by atoms with E-state index in [0.29, 0.717) is 43.7 Å². The fourth-order valence-electron chi connectivity index (χ4n) is 1.59. The van der Waals surface area contributed by atoms with Crippen LogP contribution in [-0.2, 0) is 4.79 Å². The molecule has 1 aromatic carbocycles. The Morgan fingerprint density at radius 3 is 3.05 bits per heavy atom. The molecule has 0 spiro atoms. The van der Waals surface area contributed by atoms with Crippen LogP contribution < -0.4 is 15.8 Å². The van der Waals surface area contributed by atoms with E-state index in [2.05, 4.69) is 11.4 Å². The minimum Gasteiger partial charge on any atom is -0.493 e. The van der Waals surface area contributed by atoms with E-state index >= 15 is 0 Å². The lowest BCUT2D eigenvalue weighted by atomic mass is 10.2. The maximum Gasteiger partial charge on any atom is 0.224 e. The van der Waals surface area contributed by atoms with Gasteiger partial charge >= 0.3 is 0 Å². The van der Waals surface area contributed by atoms with Gasteiger partial charge in [0, 0.05) is 30.6 Å². The molecule has 0 aliphatic heterocycles. The quantitative estimate of drug-likeness (QED) is 0.713. The fraction of sp³-hybridized carbons (Fsp3) is 0.467. The van der Waals surface area contributed by atoms with Crippen molar-refractivity contribution in [1.82, 2.24) is 0 Å². The summed E-state index contributed by atoms with van der Waals surface area (Å²) in [5.74, 6) is 0.636. The van der Waals surface area contributed by atoms with Crippen LogP contribution in [0.5, 0.6) is 5.75 Å². The first-order valence-corrected chi connectivity index (χ1v) is 6.77. The van der Waals surface area contributed by atoms with Gasteiger partial charge < -0.3 is 15.8 Å². The molecule has 5 nitrogen and oxygen atoms in total. The smallest absolute Gasteiger partial charge is 0.224 e. The summed E-state index contributed by atoms with van der Waals surface area (Å²) in [6.45, 7) is 2.37. The molecular weight excluding hydrogens is 254 g/mol. The number of ether oxygens (including phenoxy) is 1. The molecule has 5 heteroatoms. The summed E-state index contributed by atoms with van der Waals surface area (Å²) >= 11 is 0. The molecule has 0 bridgehead atoms. The fourth-order valence-corrected chi connectivity index (χ4v) is 1.59. The van der Waals surface area contributed by atoms with Crippen LogP contribution in [0.3, 0.4) is 0 Å². The number of nitriles is 1. The van der Waals surface area contributed by atoms with Gasteiger partial charge in [0.15, 0.2) is 0 Å². The predicted octanol–water partition coefficient (Wildman–Crippen LogP) is 2.44. The van der Waals surface area contributed by atoms with Gasteiger partial charge in [-0.1, -0.05) is 6.07 Å². The Bertz CT molecular complexity index is 466. The van der Waals surface area contributed by atoms with Gasteiger partial charge in [-0.05, 0) is 31.9 Å². The number of nitrogens with two attached hydrogens (primary N) is 1. The second-order valence-electron chi connectivity index (χ2n) is 4.70. The predicted molar refractivity (Wildman–Crippen MR) is 78.3 cm³/mol. The summed E-state index contributed by atoms with van der Waals surface area (Å²) in [7, 11) is 0. The zero-order valence-corrected chi connectivity index (χ0v) is 11.8. The highest BCUT2D eigenvalue weighted by molar-refractivity contribution is 5.90. The number of hydrogen-bond donors (Lipinski definition) is 2. The Labute approximate surface area is 119 Å². The van der Waals surface area contributed by atoms with Crippen molar-refractivity contribution in [3.05, 3.63) is 24.3 Å². The van der Waals surface area contributed by atoms with Gasteiger partial charge in [-0.2, -0.15) is 5.26 Å². The molecule has 0 radical (unpaired) electrons. The summed E-state index contributed by atoms with van der Waals surface area (Å²) in [6, 6.07) is 9.32. The lowest BCUT2D eigenvalue weighted by molar-refractivity contribution is -0.116. The third-order valence-electron chi connectivity index (χ3n) is 2.65. The highest BCUT2D eigenvalue weighted by Crippen LogP contribution is 2.18. The van der Waals surface area contributed by atoms with E-state index in [9.17, 15) is 4.79 Å². The molecule has 0 saturated carbocycles. The minimum atomic E-state index is -0.0519. The van der Waals surface area contributed by atoms with Gasteiger partial charge in [-0.3, -0.25) is 4.79 Å². The monoisotopic (exact) mass is 275 g/mol. The number of nitrogens with one attached hydrogen (secondary N) is 1. The molecule has 108 valence electrons. The Kier molecular flexibility index (Phi) is 7.15. The van der Waals surface area contributed by atoms with Crippen molar-refractivity contribution >= 4 is 11.6 Å². The van der Waals surface area contributed by atoms with Crippen molar-refractivity contribution < 1.29 is 9.53 Å². The number of carbonyl (C=O) groups is 1. The number of amides is 1. The van der Waals surface area contributed by atoms with Crippen LogP contribution in [0.15, 0.2) is 24.3 Å². The maximum absolute atomic E-state index is 11.7. The second kappa shape index (κ2) is 8.94. The molecule has 0 aliphatic carbocycles. The maximum atomic E-state index is 11.7. The Morgan fingerprint density at radius 1 is 1.55 bits per heavy atom. The van der Waals surface area contributed by atoms with Gasteiger partial charge in [0.25, 0.3) is 0 Å². The second-order valence-corrected chi connectivity index (χ2v) is 4.70. The molecule has 20 heavy (non-hydrogen) atoms. The molecule has 1 atom stereocenters. The van der Waals surface area contributed by atoms with Gasteiger partial charge in [0.05, 0.1) is 12.7 Å². The Hall–Kier alpha value is -2.06. The van der Waals surface area contributed by atoms with E-state index in [1.807, 2.05) is 25.1 Å². The van der Waals surface area contributed by atoms with Gasteiger partial charge in [0.1, 0.15) is 5.75 Å². The summed E-state index contributed by atoms with van der Waals surface area (Å²) < 4.78 is 5.51. The van der Waals surface area contributed by atoms with E-state index in [4.69, 9.17) is 15.7 Å². The molecule has 1 rings (SSSR count). The van der Waals surface area contributed by atoms with Gasteiger partial charge in [-0.15, -0.1) is 0 Å². The molecule has 1 amide bonds. The number of hydrogen-bond acceptors (Lipinski definition) is 4. The number of benzene rings is 1. The third kappa shape index (κ3) is 6.76. The number of unbranched alkanes of at least 4 members (excludes halogenated alkanes) is 1. The minimum absolute atomic E-state index is 0.0237. The normalized spacial score (nSPS) is 11.4. The van der Waals surface area contributed by atoms with Crippen LogP contribution in [0.4, 0.5) is 5.69 Å². The van der Waals surface area contributed by atoms with E-state index in [-0.39, 0.29) is 11.9 Å². The zero-order chi connectivity index (χ0) is 14.8. The SMILES string of the molecule is CC(N)CCC(=O)Nc1cccc(OCCCC#N)c1. The van der Waals surface area contributed by atoms with Gasteiger partial charge in [0.2, 0.25) is 5.91 Å². The molecule has 0 fully saturated rings. The number of rotatable bonds is 8. The first-order chi connectivity index (χ1) is 9.61. The molecule has 0 heterocycles. The van der Waals surface area contributed by atoms with E-state index in [1.54, 1.807) is 6.07 Å². The summed E-state index contributed by atoms with van der Waals surface area (Å²) in [5.41, 5.74) is 6.32. The van der Waals surface area contributed by atoms with Crippen LogP contribution >= 0.6 is 0 Å². The highest BCUT2D eigenvalue weighted by Gasteiger charge is 2.05. The van der Waals surface area contributed by atoms with Crippen LogP contribution in [0.25, 0.3) is 0 Å². The number of nitrogens with zero attached hydrogens (tertiary/aromatic N) is 1. The summed E-state index contributed by atoms with van der Waals surface area (Å²) in [4.78, 5) is 11.7. The van der Waals surface area contributed by atoms with Crippen molar-refractivity contribution in [2.45, 2.75) is 38.6 Å². The number of carbonyl (C=O) groups excluding carboxylic acids is 1. The molecule has 0 aliphatic rings. The Morgan fingerprint density at radius 2 is 2.35 bits per heavy atom. The summed E-state index contributed by atoms with van der Waals surface area (Å²) in [5, 5.41) is 11.2. The average molecular weight is 275 g/mol. The van der Waals surface area contributed by atoms with Crippen molar-refractivity contribution in [2.75, 3.05) is 11.9 Å². The lowest BCUT2D eigenvalue weighted by Crippen LogP contribution is -2.19. The molecular formula is C15H21N3O2. The standard InChI is InChI=1S/C15H21N3O2/c1-12(17)7-8-15(19)18-13-5-4-6-14(11-13)20-10-3-2-9-16/h4-6,11-12H,2-3,7-8,10,17H2,1H3,(H,18,19). The van der Waals surface area contributed by atoms with Crippen LogP contribution in [0.2, 0.25) is 0 Å².